The Labute approximate surface area is 132 Å². The maximum absolute atomic E-state index is 5.79. The Balaban J connectivity index is 1.86. The van der Waals surface area contributed by atoms with Gasteiger partial charge in [0.1, 0.15) is 11.3 Å². The molecule has 0 bridgehead atoms. The minimum atomic E-state index is 0.780. The number of anilines is 1. The van der Waals surface area contributed by atoms with Crippen LogP contribution < -0.4 is 5.32 Å². The molecule has 1 aromatic heterocycles. The number of fused-ring (bicyclic) bond motifs is 1. The Morgan fingerprint density at radius 2 is 1.90 bits per heavy atom. The normalized spacial score (nSPS) is 10.9. The van der Waals surface area contributed by atoms with Crippen LogP contribution in [0.15, 0.2) is 46.9 Å². The van der Waals surface area contributed by atoms with E-state index in [4.69, 9.17) is 4.42 Å². The van der Waals surface area contributed by atoms with Crippen molar-refractivity contribution in [2.75, 3.05) is 5.32 Å². The zero-order valence-corrected chi connectivity index (χ0v) is 13.7. The van der Waals surface area contributed by atoms with Crippen LogP contribution in [0.3, 0.4) is 0 Å². The molecule has 3 heteroatoms. The van der Waals surface area contributed by atoms with Gasteiger partial charge in [0.25, 0.3) is 0 Å². The standard InChI is InChI=1S/C17H16INO/c1-11-7-8-13(9-16(11)18)19-10-15-12(2)20-17-6-4-3-5-14(15)17/h3-9,19H,10H2,1-2H3. The highest BCUT2D eigenvalue weighted by atomic mass is 127. The predicted octanol–water partition coefficient (Wildman–Crippen LogP) is 5.27. The molecule has 0 fully saturated rings. The number of halogens is 1. The quantitative estimate of drug-likeness (QED) is 0.630. The van der Waals surface area contributed by atoms with Crippen LogP contribution in [-0.2, 0) is 6.54 Å². The minimum absolute atomic E-state index is 0.780. The van der Waals surface area contributed by atoms with Gasteiger partial charge in [0, 0.05) is 26.8 Å². The zero-order chi connectivity index (χ0) is 14.1. The van der Waals surface area contributed by atoms with Gasteiger partial charge in [0.2, 0.25) is 0 Å². The van der Waals surface area contributed by atoms with Gasteiger partial charge < -0.3 is 9.73 Å². The maximum atomic E-state index is 5.79. The third kappa shape index (κ3) is 2.54. The summed E-state index contributed by atoms with van der Waals surface area (Å²) in [6.45, 7) is 4.93. The number of hydrogen-bond donors (Lipinski definition) is 1. The van der Waals surface area contributed by atoms with E-state index >= 15 is 0 Å². The number of furan rings is 1. The molecule has 0 unspecified atom stereocenters. The largest absolute Gasteiger partial charge is 0.461 e. The Morgan fingerprint density at radius 1 is 1.10 bits per heavy atom. The zero-order valence-electron chi connectivity index (χ0n) is 11.5. The summed E-state index contributed by atoms with van der Waals surface area (Å²) in [4.78, 5) is 0. The monoisotopic (exact) mass is 377 g/mol. The summed E-state index contributed by atoms with van der Waals surface area (Å²) in [5, 5.41) is 4.68. The van der Waals surface area contributed by atoms with Crippen LogP contribution in [0.1, 0.15) is 16.9 Å². The fourth-order valence-electron chi connectivity index (χ4n) is 2.33. The van der Waals surface area contributed by atoms with Gasteiger partial charge in [0.05, 0.1) is 0 Å². The van der Waals surface area contributed by atoms with Crippen molar-refractivity contribution in [2.45, 2.75) is 20.4 Å². The molecular weight excluding hydrogens is 361 g/mol. The molecule has 2 aromatic carbocycles. The molecule has 0 radical (unpaired) electrons. The van der Waals surface area contributed by atoms with Gasteiger partial charge in [-0.05, 0) is 60.2 Å². The van der Waals surface area contributed by atoms with Crippen molar-refractivity contribution in [3.8, 4) is 0 Å². The summed E-state index contributed by atoms with van der Waals surface area (Å²) in [5.41, 5.74) is 4.64. The number of hydrogen-bond acceptors (Lipinski definition) is 2. The molecule has 0 saturated heterocycles. The smallest absolute Gasteiger partial charge is 0.134 e. The third-order valence-corrected chi connectivity index (χ3v) is 4.70. The number of rotatable bonds is 3. The van der Waals surface area contributed by atoms with E-state index < -0.39 is 0 Å². The Hall–Kier alpha value is -1.49. The minimum Gasteiger partial charge on any atom is -0.461 e. The van der Waals surface area contributed by atoms with Crippen LogP contribution in [0.2, 0.25) is 0 Å². The number of nitrogens with one attached hydrogen (secondary N) is 1. The maximum Gasteiger partial charge on any atom is 0.134 e. The lowest BCUT2D eigenvalue weighted by Crippen LogP contribution is -2.00. The Morgan fingerprint density at radius 3 is 2.70 bits per heavy atom. The van der Waals surface area contributed by atoms with E-state index in [0.717, 1.165) is 23.6 Å². The second-order valence-corrected chi connectivity index (χ2v) is 6.11. The second kappa shape index (κ2) is 5.48. The molecule has 2 nitrogen and oxygen atoms in total. The van der Waals surface area contributed by atoms with Gasteiger partial charge in [-0.25, -0.2) is 0 Å². The van der Waals surface area contributed by atoms with Crippen LogP contribution >= 0.6 is 22.6 Å². The van der Waals surface area contributed by atoms with Crippen molar-refractivity contribution in [1.82, 2.24) is 0 Å². The molecule has 3 rings (SSSR count). The fourth-order valence-corrected chi connectivity index (χ4v) is 2.85. The molecule has 3 aromatic rings. The molecule has 0 spiro atoms. The summed E-state index contributed by atoms with van der Waals surface area (Å²) >= 11 is 2.37. The van der Waals surface area contributed by atoms with Gasteiger partial charge in [-0.3, -0.25) is 0 Å². The van der Waals surface area contributed by atoms with E-state index in [1.54, 1.807) is 0 Å². The number of para-hydroxylation sites is 1. The summed E-state index contributed by atoms with van der Waals surface area (Å²) in [6.07, 6.45) is 0. The highest BCUT2D eigenvalue weighted by Crippen LogP contribution is 2.26. The first-order chi connectivity index (χ1) is 9.65. The highest BCUT2D eigenvalue weighted by Gasteiger charge is 2.09. The van der Waals surface area contributed by atoms with E-state index in [0.29, 0.717) is 0 Å². The van der Waals surface area contributed by atoms with E-state index in [1.165, 1.54) is 20.1 Å². The van der Waals surface area contributed by atoms with E-state index in [1.807, 2.05) is 19.1 Å². The van der Waals surface area contributed by atoms with Crippen LogP contribution in [0.25, 0.3) is 11.0 Å². The topological polar surface area (TPSA) is 25.2 Å². The molecule has 0 aliphatic carbocycles. The molecule has 20 heavy (non-hydrogen) atoms. The van der Waals surface area contributed by atoms with E-state index in [2.05, 4.69) is 65.2 Å². The van der Waals surface area contributed by atoms with Crippen molar-refractivity contribution in [1.29, 1.82) is 0 Å². The average molecular weight is 377 g/mol. The SMILES string of the molecule is Cc1ccc(NCc2c(C)oc3ccccc23)cc1I. The molecular formula is C17H16INO. The summed E-state index contributed by atoms with van der Waals surface area (Å²) in [5.74, 6) is 0.987. The fraction of sp³-hybridized carbons (Fsp3) is 0.176. The second-order valence-electron chi connectivity index (χ2n) is 4.95. The van der Waals surface area contributed by atoms with Crippen molar-refractivity contribution >= 4 is 39.2 Å². The van der Waals surface area contributed by atoms with E-state index in [9.17, 15) is 0 Å². The van der Waals surface area contributed by atoms with Crippen molar-refractivity contribution < 1.29 is 4.42 Å². The van der Waals surface area contributed by atoms with Crippen LogP contribution in [0, 0.1) is 17.4 Å². The van der Waals surface area contributed by atoms with Crippen LogP contribution in [0.4, 0.5) is 5.69 Å². The lowest BCUT2D eigenvalue weighted by atomic mass is 10.1. The van der Waals surface area contributed by atoms with Crippen LogP contribution in [0.5, 0.6) is 0 Å². The first-order valence-electron chi connectivity index (χ1n) is 6.62. The van der Waals surface area contributed by atoms with Crippen molar-refractivity contribution in [3.63, 3.8) is 0 Å². The molecule has 0 amide bonds. The number of benzene rings is 2. The number of aryl methyl sites for hydroxylation is 2. The van der Waals surface area contributed by atoms with Gasteiger partial charge in [-0.2, -0.15) is 0 Å². The predicted molar refractivity (Wildman–Crippen MR) is 92.2 cm³/mol. The van der Waals surface area contributed by atoms with Crippen LogP contribution in [-0.4, -0.2) is 0 Å². The Kier molecular flexibility index (Phi) is 3.70. The molecule has 1 N–H and O–H groups in total. The van der Waals surface area contributed by atoms with Gasteiger partial charge in [0.15, 0.2) is 0 Å². The first-order valence-corrected chi connectivity index (χ1v) is 7.70. The Bertz CT molecular complexity index is 761. The average Bonchev–Trinajstić information content (AvgIpc) is 2.76. The molecule has 0 saturated carbocycles. The van der Waals surface area contributed by atoms with E-state index in [-0.39, 0.29) is 0 Å². The van der Waals surface area contributed by atoms with Crippen molar-refractivity contribution in [2.24, 2.45) is 0 Å². The lowest BCUT2D eigenvalue weighted by molar-refractivity contribution is 0.573. The summed E-state index contributed by atoms with van der Waals surface area (Å²) < 4.78 is 7.07. The van der Waals surface area contributed by atoms with Gasteiger partial charge in [-0.15, -0.1) is 0 Å². The highest BCUT2D eigenvalue weighted by molar-refractivity contribution is 14.1. The molecule has 1 heterocycles. The van der Waals surface area contributed by atoms with Gasteiger partial charge in [-0.1, -0.05) is 24.3 Å². The van der Waals surface area contributed by atoms with Gasteiger partial charge >= 0.3 is 0 Å². The molecule has 0 aliphatic rings. The molecule has 0 atom stereocenters. The third-order valence-electron chi connectivity index (χ3n) is 3.54. The summed E-state index contributed by atoms with van der Waals surface area (Å²) in [7, 11) is 0. The summed E-state index contributed by atoms with van der Waals surface area (Å²) in [6, 6.07) is 14.6. The first kappa shape index (κ1) is 13.5. The molecule has 0 aliphatic heterocycles. The lowest BCUT2D eigenvalue weighted by Gasteiger charge is -2.08. The van der Waals surface area contributed by atoms with Crippen molar-refractivity contribution in [3.05, 3.63) is 62.9 Å². The molecule has 102 valence electrons.